The Hall–Kier alpha value is -2.44. The van der Waals surface area contributed by atoms with Crippen molar-refractivity contribution in [2.24, 2.45) is 5.10 Å². The molecule has 2 heterocycles. The highest BCUT2D eigenvalue weighted by atomic mass is 79.9. The molecule has 1 atom stereocenters. The third-order valence-corrected chi connectivity index (χ3v) is 5.01. The second-order valence-corrected chi connectivity index (χ2v) is 7.23. The molecule has 0 saturated heterocycles. The van der Waals surface area contributed by atoms with Crippen LogP contribution in [0.3, 0.4) is 0 Å². The lowest BCUT2D eigenvalue weighted by molar-refractivity contribution is 0.318. The van der Waals surface area contributed by atoms with Crippen LogP contribution in [0, 0.1) is 0 Å². The molecule has 4 nitrogen and oxygen atoms in total. The quantitative estimate of drug-likeness (QED) is 0.555. The van der Waals surface area contributed by atoms with Gasteiger partial charge in [0.1, 0.15) is 11.8 Å². The van der Waals surface area contributed by atoms with Crippen molar-refractivity contribution in [3.63, 3.8) is 0 Å². The molecule has 4 rings (SSSR count). The highest BCUT2D eigenvalue weighted by Crippen LogP contribution is 2.33. The number of nitrogens with zero attached hydrogens (tertiary/aromatic N) is 2. The zero-order valence-electron chi connectivity index (χ0n) is 13.8. The molecular weight excluding hydrogens is 410 g/mol. The number of thiocarbonyl (C=S) groups is 1. The summed E-state index contributed by atoms with van der Waals surface area (Å²) in [5.41, 5.74) is 2.99. The van der Waals surface area contributed by atoms with Gasteiger partial charge < -0.3 is 9.73 Å². The van der Waals surface area contributed by atoms with Crippen LogP contribution < -0.4 is 5.32 Å². The van der Waals surface area contributed by atoms with E-state index in [1.54, 1.807) is 6.26 Å². The van der Waals surface area contributed by atoms with Crippen molar-refractivity contribution < 1.29 is 4.42 Å². The minimum atomic E-state index is -0.0626. The number of hydrogen-bond acceptors (Lipinski definition) is 3. The van der Waals surface area contributed by atoms with Gasteiger partial charge in [-0.25, -0.2) is 5.01 Å². The summed E-state index contributed by atoms with van der Waals surface area (Å²) in [6, 6.07) is 21.8. The fourth-order valence-corrected chi connectivity index (χ4v) is 3.47. The SMILES string of the molecule is S=C(Nc1ccccc1)N1N=C(c2ccc(Br)cc2)C[C@@H]1c1ccco1. The van der Waals surface area contributed by atoms with Crippen LogP contribution >= 0.6 is 28.1 Å². The molecule has 0 unspecified atom stereocenters. The third kappa shape index (κ3) is 3.57. The van der Waals surface area contributed by atoms with E-state index in [0.717, 1.165) is 33.6 Å². The Morgan fingerprint density at radius 3 is 2.54 bits per heavy atom. The number of nitrogens with one attached hydrogen (secondary N) is 1. The molecule has 0 fully saturated rings. The first-order chi connectivity index (χ1) is 12.7. The fourth-order valence-electron chi connectivity index (χ4n) is 2.92. The maximum atomic E-state index is 5.64. The van der Waals surface area contributed by atoms with E-state index >= 15 is 0 Å². The predicted molar refractivity (Wildman–Crippen MR) is 111 cm³/mol. The zero-order chi connectivity index (χ0) is 17.9. The summed E-state index contributed by atoms with van der Waals surface area (Å²) in [6.45, 7) is 0. The first-order valence-corrected chi connectivity index (χ1v) is 9.43. The molecular formula is C20H16BrN3OS. The van der Waals surface area contributed by atoms with Crippen molar-refractivity contribution in [2.45, 2.75) is 12.5 Å². The topological polar surface area (TPSA) is 40.8 Å². The van der Waals surface area contributed by atoms with Crippen molar-refractivity contribution in [3.05, 3.63) is 88.8 Å². The van der Waals surface area contributed by atoms with E-state index in [4.69, 9.17) is 21.7 Å². The summed E-state index contributed by atoms with van der Waals surface area (Å²) in [5, 5.41) is 10.4. The monoisotopic (exact) mass is 425 g/mol. The van der Waals surface area contributed by atoms with Gasteiger partial charge in [0.2, 0.25) is 0 Å². The minimum absolute atomic E-state index is 0.0626. The zero-order valence-corrected chi connectivity index (χ0v) is 16.2. The predicted octanol–water partition coefficient (Wildman–Crippen LogP) is 5.59. The van der Waals surface area contributed by atoms with Gasteiger partial charge in [-0.3, -0.25) is 0 Å². The Labute approximate surface area is 165 Å². The first kappa shape index (κ1) is 17.0. The smallest absolute Gasteiger partial charge is 0.194 e. The lowest BCUT2D eigenvalue weighted by Crippen LogP contribution is -2.30. The number of para-hydroxylation sites is 1. The lowest BCUT2D eigenvalue weighted by Gasteiger charge is -2.23. The van der Waals surface area contributed by atoms with Crippen LogP contribution in [0.2, 0.25) is 0 Å². The summed E-state index contributed by atoms with van der Waals surface area (Å²) in [7, 11) is 0. The van der Waals surface area contributed by atoms with Gasteiger partial charge in [-0.1, -0.05) is 46.3 Å². The van der Waals surface area contributed by atoms with Gasteiger partial charge in [-0.05, 0) is 54.2 Å². The van der Waals surface area contributed by atoms with Gasteiger partial charge in [0.25, 0.3) is 0 Å². The molecule has 26 heavy (non-hydrogen) atoms. The summed E-state index contributed by atoms with van der Waals surface area (Å²) >= 11 is 9.10. The number of benzene rings is 2. The van der Waals surface area contributed by atoms with Gasteiger partial charge in [0, 0.05) is 16.6 Å². The molecule has 0 saturated carbocycles. The van der Waals surface area contributed by atoms with E-state index in [2.05, 4.69) is 33.4 Å². The van der Waals surface area contributed by atoms with Crippen LogP contribution in [0.1, 0.15) is 23.8 Å². The third-order valence-electron chi connectivity index (χ3n) is 4.19. The van der Waals surface area contributed by atoms with Gasteiger partial charge in [0.05, 0.1) is 12.0 Å². The van der Waals surface area contributed by atoms with Crippen LogP contribution in [0.5, 0.6) is 0 Å². The molecule has 1 aromatic heterocycles. The van der Waals surface area contributed by atoms with Gasteiger partial charge >= 0.3 is 0 Å². The average Bonchev–Trinajstić information content (AvgIpc) is 3.33. The molecule has 1 aliphatic rings. The molecule has 2 aromatic carbocycles. The number of furan rings is 1. The van der Waals surface area contributed by atoms with Crippen molar-refractivity contribution in [1.29, 1.82) is 0 Å². The molecule has 3 aromatic rings. The molecule has 1 aliphatic heterocycles. The van der Waals surface area contributed by atoms with E-state index < -0.39 is 0 Å². The van der Waals surface area contributed by atoms with Crippen molar-refractivity contribution in [2.75, 3.05) is 5.32 Å². The molecule has 0 amide bonds. The van der Waals surface area contributed by atoms with Crippen LogP contribution in [0.15, 0.2) is 87.0 Å². The Morgan fingerprint density at radius 1 is 1.08 bits per heavy atom. The normalized spacial score (nSPS) is 16.4. The van der Waals surface area contributed by atoms with E-state index in [1.165, 1.54) is 0 Å². The molecule has 0 bridgehead atoms. The maximum Gasteiger partial charge on any atom is 0.194 e. The van der Waals surface area contributed by atoms with Gasteiger partial charge in [-0.2, -0.15) is 5.10 Å². The molecule has 1 N–H and O–H groups in total. The largest absolute Gasteiger partial charge is 0.467 e. The molecule has 0 aliphatic carbocycles. The van der Waals surface area contributed by atoms with Crippen LogP contribution in [0.25, 0.3) is 0 Å². The van der Waals surface area contributed by atoms with Gasteiger partial charge in [-0.15, -0.1) is 0 Å². The highest BCUT2D eigenvalue weighted by Gasteiger charge is 2.33. The standard InChI is InChI=1S/C20H16BrN3OS/c21-15-10-8-14(9-11-15)17-13-18(19-7-4-12-25-19)24(23-17)20(26)22-16-5-2-1-3-6-16/h1-12,18H,13H2,(H,22,26)/t18-/m1/s1. The molecule has 130 valence electrons. The Bertz CT molecular complexity index is 923. The fraction of sp³-hybridized carbons (Fsp3) is 0.100. The second kappa shape index (κ2) is 7.43. The summed E-state index contributed by atoms with van der Waals surface area (Å²) < 4.78 is 6.68. The maximum absolute atomic E-state index is 5.64. The Balaban J connectivity index is 1.63. The molecule has 0 radical (unpaired) electrons. The van der Waals surface area contributed by atoms with E-state index in [9.17, 15) is 0 Å². The van der Waals surface area contributed by atoms with E-state index in [1.807, 2.05) is 59.6 Å². The lowest BCUT2D eigenvalue weighted by atomic mass is 10.0. The number of hydrazone groups is 1. The number of hydrogen-bond donors (Lipinski definition) is 1. The van der Waals surface area contributed by atoms with Crippen LogP contribution in [-0.4, -0.2) is 15.8 Å². The average molecular weight is 426 g/mol. The summed E-state index contributed by atoms with van der Waals surface area (Å²) in [5.74, 6) is 0.845. The van der Waals surface area contributed by atoms with E-state index in [0.29, 0.717) is 5.11 Å². The number of halogens is 1. The summed E-state index contributed by atoms with van der Waals surface area (Å²) in [6.07, 6.45) is 2.41. The molecule has 6 heteroatoms. The van der Waals surface area contributed by atoms with Crippen molar-refractivity contribution >= 4 is 44.7 Å². The number of rotatable bonds is 3. The Kier molecular flexibility index (Phi) is 4.86. The van der Waals surface area contributed by atoms with Crippen LogP contribution in [-0.2, 0) is 0 Å². The number of anilines is 1. The Morgan fingerprint density at radius 2 is 1.85 bits per heavy atom. The van der Waals surface area contributed by atoms with Crippen LogP contribution in [0.4, 0.5) is 5.69 Å². The van der Waals surface area contributed by atoms with E-state index in [-0.39, 0.29) is 6.04 Å². The minimum Gasteiger partial charge on any atom is -0.467 e. The second-order valence-electron chi connectivity index (χ2n) is 5.93. The molecule has 0 spiro atoms. The first-order valence-electron chi connectivity index (χ1n) is 8.23. The highest BCUT2D eigenvalue weighted by molar-refractivity contribution is 9.10. The van der Waals surface area contributed by atoms with Crippen molar-refractivity contribution in [3.8, 4) is 0 Å². The van der Waals surface area contributed by atoms with Crippen molar-refractivity contribution in [1.82, 2.24) is 5.01 Å². The van der Waals surface area contributed by atoms with Gasteiger partial charge in [0.15, 0.2) is 5.11 Å². The summed E-state index contributed by atoms with van der Waals surface area (Å²) in [4.78, 5) is 0.